The van der Waals surface area contributed by atoms with Gasteiger partial charge in [0.1, 0.15) is 12.1 Å². The Morgan fingerprint density at radius 2 is 1.96 bits per heavy atom. The van der Waals surface area contributed by atoms with E-state index in [0.29, 0.717) is 30.2 Å². The number of halogens is 1. The Labute approximate surface area is 156 Å². The van der Waals surface area contributed by atoms with Crippen LogP contribution >= 0.6 is 11.6 Å². The Kier molecular flexibility index (Phi) is 4.26. The van der Waals surface area contributed by atoms with E-state index >= 15 is 0 Å². The number of carbonyl (C=O) groups excluding carboxylic acids is 3. The van der Waals surface area contributed by atoms with Crippen LogP contribution in [0.2, 0.25) is 5.02 Å². The zero-order chi connectivity index (χ0) is 18.4. The third-order valence-corrected chi connectivity index (χ3v) is 5.70. The molecule has 4 rings (SSSR count). The second-order valence-corrected chi connectivity index (χ2v) is 7.62. The van der Waals surface area contributed by atoms with Crippen LogP contribution in [0.3, 0.4) is 0 Å². The van der Waals surface area contributed by atoms with Crippen molar-refractivity contribution >= 4 is 35.1 Å². The van der Waals surface area contributed by atoms with Gasteiger partial charge in [0.05, 0.1) is 6.04 Å². The average Bonchev–Trinajstić information content (AvgIpc) is 3.23. The van der Waals surface area contributed by atoms with Crippen LogP contribution in [0.1, 0.15) is 24.8 Å². The van der Waals surface area contributed by atoms with Gasteiger partial charge < -0.3 is 20.4 Å². The molecule has 3 fully saturated rings. The van der Waals surface area contributed by atoms with E-state index in [0.717, 1.165) is 18.4 Å². The fourth-order valence-electron chi connectivity index (χ4n) is 4.20. The number of hydrogen-bond acceptors (Lipinski definition) is 3. The minimum atomic E-state index is -0.445. The van der Waals surface area contributed by atoms with E-state index in [1.807, 2.05) is 6.92 Å². The number of amides is 4. The van der Waals surface area contributed by atoms with Crippen LogP contribution in [0.15, 0.2) is 18.2 Å². The van der Waals surface area contributed by atoms with E-state index in [1.165, 1.54) is 0 Å². The van der Waals surface area contributed by atoms with E-state index in [9.17, 15) is 14.4 Å². The molecule has 0 bridgehead atoms. The van der Waals surface area contributed by atoms with Crippen molar-refractivity contribution in [1.29, 1.82) is 0 Å². The molecule has 7 nitrogen and oxygen atoms in total. The summed E-state index contributed by atoms with van der Waals surface area (Å²) in [5, 5.41) is 6.30. The second-order valence-electron chi connectivity index (χ2n) is 7.19. The maximum Gasteiger partial charge on any atom is 0.319 e. The summed E-state index contributed by atoms with van der Waals surface area (Å²) in [6.07, 6.45) is 2.08. The van der Waals surface area contributed by atoms with E-state index in [-0.39, 0.29) is 29.9 Å². The molecule has 0 radical (unpaired) electrons. The van der Waals surface area contributed by atoms with Gasteiger partial charge in [-0.25, -0.2) is 4.79 Å². The molecular formula is C18H21ClN4O3. The molecule has 4 amide bonds. The van der Waals surface area contributed by atoms with E-state index in [1.54, 1.807) is 28.0 Å². The van der Waals surface area contributed by atoms with Crippen molar-refractivity contribution in [3.63, 3.8) is 0 Å². The summed E-state index contributed by atoms with van der Waals surface area (Å²) >= 11 is 5.93. The second kappa shape index (κ2) is 6.46. The summed E-state index contributed by atoms with van der Waals surface area (Å²) in [4.78, 5) is 40.9. The third-order valence-electron chi connectivity index (χ3n) is 5.46. The van der Waals surface area contributed by atoms with E-state index in [4.69, 9.17) is 11.6 Å². The number of urea groups is 1. The van der Waals surface area contributed by atoms with Crippen molar-refractivity contribution in [2.75, 3.05) is 18.4 Å². The summed E-state index contributed by atoms with van der Waals surface area (Å²) in [5.74, 6) is 0.0377. The van der Waals surface area contributed by atoms with Gasteiger partial charge in [-0.3, -0.25) is 9.59 Å². The van der Waals surface area contributed by atoms with Gasteiger partial charge in [-0.05, 0) is 49.9 Å². The number of benzene rings is 1. The van der Waals surface area contributed by atoms with Crippen LogP contribution in [0.5, 0.6) is 0 Å². The first-order chi connectivity index (χ1) is 12.4. The van der Waals surface area contributed by atoms with Crippen molar-refractivity contribution in [3.8, 4) is 0 Å². The topological polar surface area (TPSA) is 81.8 Å². The Hall–Kier alpha value is -2.28. The number of aryl methyl sites for hydroxylation is 1. The molecule has 0 saturated carbocycles. The van der Waals surface area contributed by atoms with Crippen molar-refractivity contribution in [1.82, 2.24) is 15.1 Å². The molecule has 2 N–H and O–H groups in total. The first kappa shape index (κ1) is 17.1. The number of piperazine rings is 1. The zero-order valence-electron chi connectivity index (χ0n) is 14.5. The fourth-order valence-corrected chi connectivity index (χ4v) is 4.43. The highest BCUT2D eigenvalue weighted by atomic mass is 35.5. The Balaban J connectivity index is 1.40. The predicted molar refractivity (Wildman–Crippen MR) is 97.0 cm³/mol. The van der Waals surface area contributed by atoms with Gasteiger partial charge in [-0.1, -0.05) is 11.6 Å². The van der Waals surface area contributed by atoms with Crippen LogP contribution in [-0.2, 0) is 9.59 Å². The highest BCUT2D eigenvalue weighted by molar-refractivity contribution is 6.30. The lowest BCUT2D eigenvalue weighted by molar-refractivity contribution is -0.156. The lowest BCUT2D eigenvalue weighted by Gasteiger charge is -2.38. The third kappa shape index (κ3) is 2.90. The summed E-state index contributed by atoms with van der Waals surface area (Å²) in [6.45, 7) is 2.91. The number of fused-ring (bicyclic) bond motifs is 2. The molecule has 1 aromatic rings. The lowest BCUT2D eigenvalue weighted by Crippen LogP contribution is -2.60. The SMILES string of the molecule is Cc1cc(Cl)ccc1NC(=O)N[C@H]1C[C@H]2C(=O)N3CCC[C@@H]3C(=O)N2C1. The predicted octanol–water partition coefficient (Wildman–Crippen LogP) is 1.74. The van der Waals surface area contributed by atoms with E-state index in [2.05, 4.69) is 10.6 Å². The monoisotopic (exact) mass is 376 g/mol. The lowest BCUT2D eigenvalue weighted by atomic mass is 10.1. The van der Waals surface area contributed by atoms with Crippen LogP contribution in [0.25, 0.3) is 0 Å². The zero-order valence-corrected chi connectivity index (χ0v) is 15.3. The maximum atomic E-state index is 12.6. The molecule has 138 valence electrons. The number of nitrogens with one attached hydrogen (secondary N) is 2. The minimum Gasteiger partial charge on any atom is -0.333 e. The molecule has 26 heavy (non-hydrogen) atoms. The molecule has 8 heteroatoms. The smallest absolute Gasteiger partial charge is 0.319 e. The highest BCUT2D eigenvalue weighted by Crippen LogP contribution is 2.32. The molecule has 0 spiro atoms. The standard InChI is InChI=1S/C18H21ClN4O3/c1-10-7-11(19)4-5-13(10)21-18(26)20-12-8-15-17(25)22-6-2-3-14(22)16(24)23(15)9-12/h4-5,7,12,14-15H,2-3,6,8-9H2,1H3,(H2,20,21,26)/t12-,14+,15-/m0/s1. The number of hydrogen-bond donors (Lipinski definition) is 2. The Morgan fingerprint density at radius 1 is 1.19 bits per heavy atom. The number of nitrogens with zero attached hydrogens (tertiary/aromatic N) is 2. The van der Waals surface area contributed by atoms with Gasteiger partial charge in [-0.2, -0.15) is 0 Å². The van der Waals surface area contributed by atoms with Crippen molar-refractivity contribution < 1.29 is 14.4 Å². The summed E-state index contributed by atoms with van der Waals surface area (Å²) in [5.41, 5.74) is 1.54. The fraction of sp³-hybridized carbons (Fsp3) is 0.500. The number of rotatable bonds is 2. The largest absolute Gasteiger partial charge is 0.333 e. The van der Waals surface area contributed by atoms with Gasteiger partial charge in [0.2, 0.25) is 11.8 Å². The quantitative estimate of drug-likeness (QED) is 0.825. The van der Waals surface area contributed by atoms with Gasteiger partial charge >= 0.3 is 6.03 Å². The van der Waals surface area contributed by atoms with Gasteiger partial charge in [0.15, 0.2) is 0 Å². The first-order valence-electron chi connectivity index (χ1n) is 8.88. The normalized spacial score (nSPS) is 27.4. The Morgan fingerprint density at radius 3 is 2.73 bits per heavy atom. The van der Waals surface area contributed by atoms with Crippen LogP contribution in [0, 0.1) is 6.92 Å². The molecule has 3 saturated heterocycles. The van der Waals surface area contributed by atoms with Gasteiger partial charge in [0, 0.05) is 23.8 Å². The first-order valence-corrected chi connectivity index (χ1v) is 9.26. The van der Waals surface area contributed by atoms with Crippen molar-refractivity contribution in [2.24, 2.45) is 0 Å². The molecule has 3 atom stereocenters. The number of anilines is 1. The molecule has 0 unspecified atom stereocenters. The molecule has 3 aliphatic heterocycles. The number of carbonyl (C=O) groups is 3. The summed E-state index contributed by atoms with van der Waals surface area (Å²) in [7, 11) is 0. The Bertz CT molecular complexity index is 754. The molecule has 0 aliphatic carbocycles. The van der Waals surface area contributed by atoms with Crippen LogP contribution < -0.4 is 10.6 Å². The summed E-state index contributed by atoms with van der Waals surface area (Å²) in [6, 6.07) is 3.90. The molecular weight excluding hydrogens is 356 g/mol. The molecule has 1 aromatic carbocycles. The van der Waals surface area contributed by atoms with Gasteiger partial charge in [0.25, 0.3) is 0 Å². The summed E-state index contributed by atoms with van der Waals surface area (Å²) < 4.78 is 0. The molecule has 3 heterocycles. The van der Waals surface area contributed by atoms with E-state index < -0.39 is 6.04 Å². The van der Waals surface area contributed by atoms with Crippen LogP contribution in [0.4, 0.5) is 10.5 Å². The molecule has 0 aromatic heterocycles. The van der Waals surface area contributed by atoms with Crippen LogP contribution in [-0.4, -0.2) is 58.9 Å². The minimum absolute atomic E-state index is 0.0188. The molecule has 3 aliphatic rings. The highest BCUT2D eigenvalue weighted by Gasteiger charge is 2.51. The van der Waals surface area contributed by atoms with Crippen molar-refractivity contribution in [3.05, 3.63) is 28.8 Å². The van der Waals surface area contributed by atoms with Crippen molar-refractivity contribution in [2.45, 2.75) is 44.3 Å². The van der Waals surface area contributed by atoms with Gasteiger partial charge in [-0.15, -0.1) is 0 Å². The maximum absolute atomic E-state index is 12.6. The average molecular weight is 377 g/mol.